The Labute approximate surface area is 154 Å². The number of hydrogen-bond acceptors (Lipinski definition) is 5. The van der Waals surface area contributed by atoms with Crippen molar-refractivity contribution >= 4 is 34.9 Å². The molecule has 3 rings (SSSR count). The number of nitrogens with one attached hydrogen (secondary N) is 2. The summed E-state index contributed by atoms with van der Waals surface area (Å²) in [5, 5.41) is 9.62. The SMILES string of the molecule is Cc1cc(NC(=O)c2cc(C(=O)Nc3ccc(Cl)cc3C)ccn2)no1. The van der Waals surface area contributed by atoms with Crippen LogP contribution in [0.2, 0.25) is 5.02 Å². The van der Waals surface area contributed by atoms with Crippen LogP contribution in [0.1, 0.15) is 32.2 Å². The average Bonchev–Trinajstić information content (AvgIpc) is 3.02. The van der Waals surface area contributed by atoms with E-state index in [1.54, 1.807) is 31.2 Å². The summed E-state index contributed by atoms with van der Waals surface area (Å²) in [6, 6.07) is 9.67. The highest BCUT2D eigenvalue weighted by molar-refractivity contribution is 6.30. The predicted octanol–water partition coefficient (Wildman–Crippen LogP) is 3.84. The number of nitrogens with zero attached hydrogens (tertiary/aromatic N) is 2. The maximum absolute atomic E-state index is 12.5. The molecule has 0 aliphatic carbocycles. The highest BCUT2D eigenvalue weighted by Crippen LogP contribution is 2.20. The van der Waals surface area contributed by atoms with Gasteiger partial charge in [-0.1, -0.05) is 16.8 Å². The van der Waals surface area contributed by atoms with Gasteiger partial charge in [-0.3, -0.25) is 14.6 Å². The lowest BCUT2D eigenvalue weighted by atomic mass is 10.1. The normalized spacial score (nSPS) is 10.4. The zero-order chi connectivity index (χ0) is 18.7. The molecule has 2 N–H and O–H groups in total. The fourth-order valence-corrected chi connectivity index (χ4v) is 2.49. The van der Waals surface area contributed by atoms with Crippen molar-refractivity contribution in [1.82, 2.24) is 10.1 Å². The maximum Gasteiger partial charge on any atom is 0.275 e. The van der Waals surface area contributed by atoms with Gasteiger partial charge in [0.1, 0.15) is 11.5 Å². The number of anilines is 2. The second-order valence-electron chi connectivity index (χ2n) is 5.62. The van der Waals surface area contributed by atoms with Crippen LogP contribution >= 0.6 is 11.6 Å². The summed E-state index contributed by atoms with van der Waals surface area (Å²) in [4.78, 5) is 28.7. The fraction of sp³-hybridized carbons (Fsp3) is 0.111. The van der Waals surface area contributed by atoms with E-state index >= 15 is 0 Å². The third-order valence-electron chi connectivity index (χ3n) is 3.56. The van der Waals surface area contributed by atoms with Crippen molar-refractivity contribution in [2.45, 2.75) is 13.8 Å². The Morgan fingerprint density at radius 3 is 2.54 bits per heavy atom. The number of carbonyl (C=O) groups excluding carboxylic acids is 2. The summed E-state index contributed by atoms with van der Waals surface area (Å²) in [5.74, 6) is 0.000409. The number of amides is 2. The number of hydrogen-bond donors (Lipinski definition) is 2. The molecule has 0 radical (unpaired) electrons. The van der Waals surface area contributed by atoms with Gasteiger partial charge in [0.05, 0.1) is 0 Å². The van der Waals surface area contributed by atoms with Gasteiger partial charge in [0.15, 0.2) is 5.82 Å². The standard InChI is InChI=1S/C18H15ClN4O3/c1-10-7-13(19)3-4-14(10)21-17(24)12-5-6-20-15(9-12)18(25)22-16-8-11(2)26-23-16/h3-9H,1-2H3,(H,21,24)(H,22,23,25). The largest absolute Gasteiger partial charge is 0.360 e. The number of benzene rings is 1. The van der Waals surface area contributed by atoms with Crippen molar-refractivity contribution in [3.8, 4) is 0 Å². The van der Waals surface area contributed by atoms with E-state index in [0.717, 1.165) is 5.56 Å². The van der Waals surface area contributed by atoms with Crippen molar-refractivity contribution in [3.05, 3.63) is 70.2 Å². The molecule has 0 aliphatic heterocycles. The first-order valence-corrected chi connectivity index (χ1v) is 8.08. The lowest BCUT2D eigenvalue weighted by Gasteiger charge is -2.09. The maximum atomic E-state index is 12.5. The van der Waals surface area contributed by atoms with Crippen LogP contribution < -0.4 is 10.6 Å². The van der Waals surface area contributed by atoms with Gasteiger partial charge in [-0.2, -0.15) is 0 Å². The molecule has 132 valence electrons. The fourth-order valence-electron chi connectivity index (χ4n) is 2.26. The molecule has 0 fully saturated rings. The molecule has 26 heavy (non-hydrogen) atoms. The third kappa shape index (κ3) is 4.07. The van der Waals surface area contributed by atoms with Gasteiger partial charge >= 0.3 is 0 Å². The molecular weight excluding hydrogens is 356 g/mol. The first-order chi connectivity index (χ1) is 12.4. The molecule has 0 atom stereocenters. The number of halogens is 1. The molecule has 0 saturated carbocycles. The van der Waals surface area contributed by atoms with Crippen molar-refractivity contribution in [2.24, 2.45) is 0 Å². The van der Waals surface area contributed by atoms with E-state index in [0.29, 0.717) is 22.0 Å². The zero-order valence-electron chi connectivity index (χ0n) is 14.0. The smallest absolute Gasteiger partial charge is 0.275 e. The summed E-state index contributed by atoms with van der Waals surface area (Å²) in [7, 11) is 0. The summed E-state index contributed by atoms with van der Waals surface area (Å²) >= 11 is 5.92. The molecule has 2 heterocycles. The Kier molecular flexibility index (Phi) is 4.99. The molecule has 0 saturated heterocycles. The van der Waals surface area contributed by atoms with Crippen LogP contribution in [0.4, 0.5) is 11.5 Å². The number of rotatable bonds is 4. The summed E-state index contributed by atoms with van der Waals surface area (Å²) < 4.78 is 4.89. The molecule has 7 nitrogen and oxygen atoms in total. The van der Waals surface area contributed by atoms with E-state index < -0.39 is 5.91 Å². The molecule has 1 aromatic carbocycles. The van der Waals surface area contributed by atoms with Gasteiger partial charge in [-0.25, -0.2) is 0 Å². The highest BCUT2D eigenvalue weighted by Gasteiger charge is 2.14. The van der Waals surface area contributed by atoms with E-state index in [-0.39, 0.29) is 17.4 Å². The van der Waals surface area contributed by atoms with E-state index in [1.165, 1.54) is 18.3 Å². The third-order valence-corrected chi connectivity index (χ3v) is 3.80. The van der Waals surface area contributed by atoms with Crippen LogP contribution in [0.15, 0.2) is 47.1 Å². The molecule has 2 amide bonds. The summed E-state index contributed by atoms with van der Waals surface area (Å²) in [6.07, 6.45) is 1.40. The quantitative estimate of drug-likeness (QED) is 0.727. The Balaban J connectivity index is 1.75. The Morgan fingerprint density at radius 2 is 1.85 bits per heavy atom. The van der Waals surface area contributed by atoms with Gasteiger partial charge in [0.25, 0.3) is 11.8 Å². The van der Waals surface area contributed by atoms with Gasteiger partial charge in [-0.05, 0) is 49.7 Å². The van der Waals surface area contributed by atoms with Gasteiger partial charge in [0.2, 0.25) is 0 Å². The van der Waals surface area contributed by atoms with Crippen molar-refractivity contribution in [3.63, 3.8) is 0 Å². The van der Waals surface area contributed by atoms with E-state index in [9.17, 15) is 9.59 Å². The second kappa shape index (κ2) is 7.37. The van der Waals surface area contributed by atoms with Crippen molar-refractivity contribution in [2.75, 3.05) is 10.6 Å². The zero-order valence-corrected chi connectivity index (χ0v) is 14.8. The lowest BCUT2D eigenvalue weighted by Crippen LogP contribution is -2.17. The molecule has 0 unspecified atom stereocenters. The van der Waals surface area contributed by atoms with Gasteiger partial charge in [0, 0.05) is 28.5 Å². The minimum absolute atomic E-state index is 0.0890. The highest BCUT2D eigenvalue weighted by atomic mass is 35.5. The molecular formula is C18H15ClN4O3. The van der Waals surface area contributed by atoms with Crippen LogP contribution in [-0.4, -0.2) is 22.0 Å². The molecule has 3 aromatic rings. The molecule has 0 aliphatic rings. The average molecular weight is 371 g/mol. The molecule has 2 aromatic heterocycles. The Hall–Kier alpha value is -3.19. The van der Waals surface area contributed by atoms with Crippen molar-refractivity contribution < 1.29 is 14.1 Å². The number of carbonyl (C=O) groups is 2. The topological polar surface area (TPSA) is 97.1 Å². The van der Waals surface area contributed by atoms with Crippen molar-refractivity contribution in [1.29, 1.82) is 0 Å². The number of aryl methyl sites for hydroxylation is 2. The minimum Gasteiger partial charge on any atom is -0.360 e. The van der Waals surface area contributed by atoms with Crippen LogP contribution in [0.25, 0.3) is 0 Å². The predicted molar refractivity (Wildman–Crippen MR) is 97.6 cm³/mol. The molecule has 0 spiro atoms. The second-order valence-corrected chi connectivity index (χ2v) is 6.06. The summed E-state index contributed by atoms with van der Waals surface area (Å²) in [6.45, 7) is 3.55. The molecule has 8 heteroatoms. The summed E-state index contributed by atoms with van der Waals surface area (Å²) in [5.41, 5.74) is 1.86. The minimum atomic E-state index is -0.490. The number of pyridine rings is 1. The monoisotopic (exact) mass is 370 g/mol. The van der Waals surface area contributed by atoms with E-state index in [2.05, 4.69) is 20.8 Å². The first-order valence-electron chi connectivity index (χ1n) is 7.70. The van der Waals surface area contributed by atoms with Crippen LogP contribution in [0, 0.1) is 13.8 Å². The Bertz CT molecular complexity index is 984. The Morgan fingerprint density at radius 1 is 1.04 bits per heavy atom. The van der Waals surface area contributed by atoms with Crippen LogP contribution in [0.3, 0.4) is 0 Å². The van der Waals surface area contributed by atoms with Crippen LogP contribution in [0.5, 0.6) is 0 Å². The van der Waals surface area contributed by atoms with Crippen LogP contribution in [-0.2, 0) is 0 Å². The molecule has 0 bridgehead atoms. The van der Waals surface area contributed by atoms with Gasteiger partial charge < -0.3 is 15.2 Å². The first kappa shape index (κ1) is 17.6. The van der Waals surface area contributed by atoms with E-state index in [4.69, 9.17) is 16.1 Å². The van der Waals surface area contributed by atoms with Gasteiger partial charge in [-0.15, -0.1) is 0 Å². The van der Waals surface area contributed by atoms with E-state index in [1.807, 2.05) is 6.92 Å². The lowest BCUT2D eigenvalue weighted by molar-refractivity contribution is 0.102. The number of aromatic nitrogens is 2.